The summed E-state index contributed by atoms with van der Waals surface area (Å²) >= 11 is 0. The number of urea groups is 1. The molecule has 0 radical (unpaired) electrons. The van der Waals surface area contributed by atoms with Crippen LogP contribution in [0, 0.1) is 5.82 Å². The highest BCUT2D eigenvalue weighted by Gasteiger charge is 2.28. The van der Waals surface area contributed by atoms with Gasteiger partial charge in [0.1, 0.15) is 11.3 Å². The van der Waals surface area contributed by atoms with Gasteiger partial charge in [-0.1, -0.05) is 0 Å². The van der Waals surface area contributed by atoms with E-state index < -0.39 is 0 Å². The van der Waals surface area contributed by atoms with Crippen molar-refractivity contribution >= 4 is 22.9 Å². The summed E-state index contributed by atoms with van der Waals surface area (Å²) in [5.41, 5.74) is 1.07. The number of aryl methyl sites for hydroxylation is 1. The van der Waals surface area contributed by atoms with Crippen molar-refractivity contribution in [2.45, 2.75) is 18.8 Å². The molecule has 1 saturated heterocycles. The minimum absolute atomic E-state index is 0.00121. The molecule has 130 valence electrons. The van der Waals surface area contributed by atoms with E-state index in [1.807, 2.05) is 0 Å². The van der Waals surface area contributed by atoms with Crippen molar-refractivity contribution in [1.29, 1.82) is 0 Å². The van der Waals surface area contributed by atoms with Crippen LogP contribution in [0.1, 0.15) is 24.7 Å². The zero-order valence-electron chi connectivity index (χ0n) is 13.8. The molecular weight excluding hydrogens is 325 g/mol. The topological polar surface area (TPSA) is 76.2 Å². The molecule has 2 aromatic heterocycles. The first-order valence-corrected chi connectivity index (χ1v) is 8.20. The first-order chi connectivity index (χ1) is 12.1. The summed E-state index contributed by atoms with van der Waals surface area (Å²) in [4.78, 5) is 18.6. The molecule has 1 N–H and O–H groups in total. The van der Waals surface area contributed by atoms with Gasteiger partial charge in [0.15, 0.2) is 17.3 Å². The molecule has 1 aliphatic rings. The average molecular weight is 343 g/mol. The number of oxazole rings is 1. The van der Waals surface area contributed by atoms with Gasteiger partial charge in [0.05, 0.1) is 5.92 Å². The van der Waals surface area contributed by atoms with Crippen LogP contribution in [-0.2, 0) is 7.05 Å². The quantitative estimate of drug-likeness (QED) is 0.776. The number of benzene rings is 1. The van der Waals surface area contributed by atoms with E-state index in [0.717, 1.165) is 12.8 Å². The Labute approximate surface area is 143 Å². The molecule has 1 aliphatic heterocycles. The molecular formula is C17H18FN5O2. The lowest BCUT2D eigenvalue weighted by Crippen LogP contribution is -2.41. The number of piperidine rings is 1. The molecule has 1 unspecified atom stereocenters. The van der Waals surface area contributed by atoms with Crippen molar-refractivity contribution in [1.82, 2.24) is 19.7 Å². The van der Waals surface area contributed by atoms with Gasteiger partial charge in [0, 0.05) is 38.5 Å². The van der Waals surface area contributed by atoms with Crippen LogP contribution in [-0.4, -0.2) is 38.8 Å². The van der Waals surface area contributed by atoms with Crippen LogP contribution < -0.4 is 5.32 Å². The molecule has 3 aromatic rings. The number of hydrogen-bond donors (Lipinski definition) is 1. The van der Waals surface area contributed by atoms with Crippen molar-refractivity contribution in [2.24, 2.45) is 7.05 Å². The van der Waals surface area contributed by atoms with E-state index in [-0.39, 0.29) is 17.8 Å². The fourth-order valence-corrected chi connectivity index (χ4v) is 3.12. The van der Waals surface area contributed by atoms with Gasteiger partial charge in [-0.3, -0.25) is 10.00 Å². The highest BCUT2D eigenvalue weighted by atomic mass is 19.1. The number of anilines is 1. The number of likely N-dealkylation sites (tertiary alicyclic amines) is 1. The van der Waals surface area contributed by atoms with Gasteiger partial charge in [0.25, 0.3) is 0 Å². The molecule has 4 rings (SSSR count). The van der Waals surface area contributed by atoms with Crippen LogP contribution in [0.5, 0.6) is 0 Å². The summed E-state index contributed by atoms with van der Waals surface area (Å²) in [7, 11) is 1.79. The number of amides is 2. The van der Waals surface area contributed by atoms with Crippen molar-refractivity contribution in [3.05, 3.63) is 42.2 Å². The van der Waals surface area contributed by atoms with E-state index in [1.54, 1.807) is 35.0 Å². The van der Waals surface area contributed by atoms with Crippen LogP contribution in [0.3, 0.4) is 0 Å². The summed E-state index contributed by atoms with van der Waals surface area (Å²) in [6.07, 6.45) is 3.50. The maximum absolute atomic E-state index is 13.3. The predicted molar refractivity (Wildman–Crippen MR) is 89.7 cm³/mol. The number of hydrogen-bond acceptors (Lipinski definition) is 4. The second-order valence-corrected chi connectivity index (χ2v) is 6.25. The monoisotopic (exact) mass is 343 g/mol. The molecule has 0 aliphatic carbocycles. The Balaban J connectivity index is 1.48. The third-order valence-corrected chi connectivity index (χ3v) is 4.37. The molecule has 0 bridgehead atoms. The number of carbonyl (C=O) groups excluding carboxylic acids is 1. The molecule has 25 heavy (non-hydrogen) atoms. The Bertz CT molecular complexity index is 919. The lowest BCUT2D eigenvalue weighted by atomic mass is 9.98. The third kappa shape index (κ3) is 3.19. The zero-order chi connectivity index (χ0) is 17.4. The average Bonchev–Trinajstić information content (AvgIpc) is 3.20. The van der Waals surface area contributed by atoms with Crippen molar-refractivity contribution in [3.8, 4) is 0 Å². The number of fused-ring (bicyclic) bond motifs is 1. The SMILES string of the molecule is Cn1ccc(NC(=O)N2CCCC(c3nc4ccc(F)cc4o3)C2)n1. The Morgan fingerprint density at radius 2 is 2.28 bits per heavy atom. The molecule has 2 amide bonds. The van der Waals surface area contributed by atoms with E-state index in [9.17, 15) is 9.18 Å². The second-order valence-electron chi connectivity index (χ2n) is 6.25. The normalized spacial score (nSPS) is 17.8. The minimum Gasteiger partial charge on any atom is -0.440 e. The van der Waals surface area contributed by atoms with Crippen molar-refractivity contribution in [3.63, 3.8) is 0 Å². The number of halogens is 1. The fraction of sp³-hybridized carbons (Fsp3) is 0.353. The summed E-state index contributed by atoms with van der Waals surface area (Å²) < 4.78 is 20.7. The molecule has 0 saturated carbocycles. The lowest BCUT2D eigenvalue weighted by Gasteiger charge is -2.31. The van der Waals surface area contributed by atoms with Gasteiger partial charge in [-0.15, -0.1) is 0 Å². The molecule has 1 atom stereocenters. The molecule has 3 heterocycles. The maximum Gasteiger partial charge on any atom is 0.323 e. The van der Waals surface area contributed by atoms with E-state index >= 15 is 0 Å². The molecule has 0 spiro atoms. The molecule has 1 fully saturated rings. The highest BCUT2D eigenvalue weighted by molar-refractivity contribution is 5.88. The van der Waals surface area contributed by atoms with Crippen LogP contribution in [0.4, 0.5) is 15.0 Å². The van der Waals surface area contributed by atoms with Crippen LogP contribution in [0.15, 0.2) is 34.9 Å². The van der Waals surface area contributed by atoms with Gasteiger partial charge in [-0.2, -0.15) is 5.10 Å². The predicted octanol–water partition coefficient (Wildman–Crippen LogP) is 3.11. The van der Waals surface area contributed by atoms with E-state index in [4.69, 9.17) is 4.42 Å². The van der Waals surface area contributed by atoms with Gasteiger partial charge >= 0.3 is 6.03 Å². The van der Waals surface area contributed by atoms with Gasteiger partial charge in [-0.25, -0.2) is 14.2 Å². The first kappa shape index (κ1) is 15.6. The van der Waals surface area contributed by atoms with Gasteiger partial charge in [0.2, 0.25) is 0 Å². The van der Waals surface area contributed by atoms with Crippen molar-refractivity contribution < 1.29 is 13.6 Å². The number of nitrogens with one attached hydrogen (secondary N) is 1. The smallest absolute Gasteiger partial charge is 0.323 e. The van der Waals surface area contributed by atoms with E-state index in [1.165, 1.54) is 12.1 Å². The minimum atomic E-state index is -0.352. The summed E-state index contributed by atoms with van der Waals surface area (Å²) in [5.74, 6) is 0.719. The number of nitrogens with zero attached hydrogens (tertiary/aromatic N) is 4. The Hall–Kier alpha value is -2.90. The first-order valence-electron chi connectivity index (χ1n) is 8.20. The Morgan fingerprint density at radius 3 is 3.08 bits per heavy atom. The summed E-state index contributed by atoms with van der Waals surface area (Å²) in [5, 5.41) is 6.94. The van der Waals surface area contributed by atoms with Gasteiger partial charge < -0.3 is 9.32 Å². The Kier molecular flexibility index (Phi) is 3.87. The maximum atomic E-state index is 13.3. The number of carbonyl (C=O) groups is 1. The summed E-state index contributed by atoms with van der Waals surface area (Å²) in [6, 6.07) is 5.86. The number of aromatic nitrogens is 3. The fourth-order valence-electron chi connectivity index (χ4n) is 3.12. The largest absolute Gasteiger partial charge is 0.440 e. The zero-order valence-corrected chi connectivity index (χ0v) is 13.8. The second kappa shape index (κ2) is 6.19. The standard InChI is InChI=1S/C17H18FN5O2/c1-22-8-6-15(21-22)20-17(24)23-7-2-3-11(10-23)16-19-13-5-4-12(18)9-14(13)25-16/h4-6,8-9,11H,2-3,7,10H2,1H3,(H,20,21,24). The van der Waals surface area contributed by atoms with E-state index in [2.05, 4.69) is 15.4 Å². The van der Waals surface area contributed by atoms with Crippen LogP contribution >= 0.6 is 0 Å². The van der Waals surface area contributed by atoms with Crippen LogP contribution in [0.2, 0.25) is 0 Å². The van der Waals surface area contributed by atoms with E-state index in [0.29, 0.717) is 35.9 Å². The highest BCUT2D eigenvalue weighted by Crippen LogP contribution is 2.29. The third-order valence-electron chi connectivity index (χ3n) is 4.37. The van der Waals surface area contributed by atoms with Crippen LogP contribution in [0.25, 0.3) is 11.1 Å². The lowest BCUT2D eigenvalue weighted by molar-refractivity contribution is 0.187. The van der Waals surface area contributed by atoms with Crippen molar-refractivity contribution in [2.75, 3.05) is 18.4 Å². The van der Waals surface area contributed by atoms with Gasteiger partial charge in [-0.05, 0) is 25.0 Å². The summed E-state index contributed by atoms with van der Waals surface area (Å²) in [6.45, 7) is 1.18. The molecule has 1 aromatic carbocycles. The number of rotatable bonds is 2. The Morgan fingerprint density at radius 1 is 1.40 bits per heavy atom. The molecule has 8 heteroatoms. The molecule has 7 nitrogen and oxygen atoms in total.